The number of hydrogen-bond donors (Lipinski definition) is 2. The molecule has 12 heteroatoms. The van der Waals surface area contributed by atoms with Crippen molar-refractivity contribution in [3.63, 3.8) is 0 Å². The van der Waals surface area contributed by atoms with E-state index < -0.39 is 5.60 Å². The van der Waals surface area contributed by atoms with Crippen molar-refractivity contribution < 1.29 is 14.3 Å². The molecule has 0 bridgehead atoms. The molecule has 2 aliphatic rings. The van der Waals surface area contributed by atoms with Gasteiger partial charge in [0.1, 0.15) is 28.2 Å². The molecule has 5 rings (SSSR count). The van der Waals surface area contributed by atoms with Gasteiger partial charge in [0.25, 0.3) is 5.56 Å². The summed E-state index contributed by atoms with van der Waals surface area (Å²) < 4.78 is 13.5. The number of anilines is 1. The third-order valence-electron chi connectivity index (χ3n) is 7.72. The molecule has 0 radical (unpaired) electrons. The average Bonchev–Trinajstić information content (AvgIpc) is 3.40. The highest BCUT2D eigenvalue weighted by atomic mass is 79.9. The molecule has 2 N–H and O–H groups in total. The van der Waals surface area contributed by atoms with Crippen molar-refractivity contribution in [2.75, 3.05) is 51.7 Å². The third-order valence-corrected chi connectivity index (χ3v) is 9.19. The molecule has 0 spiro atoms. The average molecular weight is 662 g/mol. The number of carbonyl (C=O) groups is 1. The van der Waals surface area contributed by atoms with Crippen molar-refractivity contribution in [1.29, 1.82) is 0 Å². The number of aromatic nitrogens is 2. The van der Waals surface area contributed by atoms with Crippen LogP contribution in [0.25, 0.3) is 4.96 Å². The van der Waals surface area contributed by atoms with E-state index in [1.54, 1.807) is 10.6 Å². The van der Waals surface area contributed by atoms with Crippen LogP contribution in [0.15, 0.2) is 45.1 Å². The number of fused-ring (bicyclic) bond motifs is 1. The first-order valence-corrected chi connectivity index (χ1v) is 16.3. The van der Waals surface area contributed by atoms with Crippen LogP contribution < -0.4 is 20.9 Å². The molecule has 2 fully saturated rings. The van der Waals surface area contributed by atoms with Crippen LogP contribution in [0.2, 0.25) is 0 Å². The summed E-state index contributed by atoms with van der Waals surface area (Å²) in [5.74, 6) is 1.84. The lowest BCUT2D eigenvalue weighted by Gasteiger charge is -2.36. The van der Waals surface area contributed by atoms with E-state index in [1.165, 1.54) is 16.9 Å². The second-order valence-corrected chi connectivity index (χ2v) is 14.0. The Labute approximate surface area is 259 Å². The van der Waals surface area contributed by atoms with E-state index >= 15 is 0 Å². The minimum Gasteiger partial charge on any atom is -0.492 e. The zero-order chi connectivity index (χ0) is 29.9. The first kappa shape index (κ1) is 30.8. The largest absolute Gasteiger partial charge is 0.492 e. The van der Waals surface area contributed by atoms with Crippen molar-refractivity contribution >= 4 is 44.1 Å². The third kappa shape index (κ3) is 8.03. The fourth-order valence-corrected chi connectivity index (χ4v) is 6.82. The van der Waals surface area contributed by atoms with Gasteiger partial charge in [0.15, 0.2) is 4.96 Å². The fraction of sp³-hybridized carbons (Fsp3) is 0.567. The number of hydrogen-bond acceptors (Lipinski definition) is 9. The van der Waals surface area contributed by atoms with Gasteiger partial charge < -0.3 is 25.0 Å². The van der Waals surface area contributed by atoms with Gasteiger partial charge in [0, 0.05) is 56.4 Å². The zero-order valence-electron chi connectivity index (χ0n) is 24.8. The standard InChI is InChI=1S/C30H41BrN6O4S/c1-30(2,3)41-29(39)33-22-9-11-36(12-10-22)13-15-40-24-7-5-20(6-8-24)21-17-23(19-35(4)18-21)32-26-25(31)27(38)37-14-16-42-28(37)34-26/h5-8,14,16,21-23,32H,9-13,15,17-19H2,1-4H3,(H,33,39)/t21-,23+/m0/s1. The second-order valence-electron chi connectivity index (χ2n) is 12.3. The maximum absolute atomic E-state index is 12.7. The van der Waals surface area contributed by atoms with Gasteiger partial charge in [-0.05, 0) is 86.6 Å². The molecule has 2 saturated heterocycles. The normalized spacial score (nSPS) is 20.9. The van der Waals surface area contributed by atoms with E-state index in [0.29, 0.717) is 27.8 Å². The number of benzene rings is 1. The fourth-order valence-electron chi connectivity index (χ4n) is 5.72. The van der Waals surface area contributed by atoms with E-state index in [0.717, 1.165) is 57.7 Å². The van der Waals surface area contributed by atoms with E-state index in [2.05, 4.69) is 72.7 Å². The molecule has 228 valence electrons. The summed E-state index contributed by atoms with van der Waals surface area (Å²) >= 11 is 4.91. The summed E-state index contributed by atoms with van der Waals surface area (Å²) in [4.78, 5) is 34.8. The van der Waals surface area contributed by atoms with Gasteiger partial charge in [-0.15, -0.1) is 11.3 Å². The topological polar surface area (TPSA) is 100 Å². The molecule has 1 amide bonds. The number of likely N-dealkylation sites (tertiary alicyclic amines) is 2. The van der Waals surface area contributed by atoms with Crippen LogP contribution in [0.1, 0.15) is 51.5 Å². The van der Waals surface area contributed by atoms with Crippen LogP contribution >= 0.6 is 27.3 Å². The Morgan fingerprint density at radius 3 is 2.60 bits per heavy atom. The molecule has 2 atom stereocenters. The number of rotatable bonds is 8. The van der Waals surface area contributed by atoms with Gasteiger partial charge in [-0.2, -0.15) is 0 Å². The number of thiazole rings is 1. The minimum atomic E-state index is -0.481. The van der Waals surface area contributed by atoms with Gasteiger partial charge in [0.05, 0.1) is 0 Å². The van der Waals surface area contributed by atoms with Gasteiger partial charge >= 0.3 is 6.09 Å². The number of nitrogens with zero attached hydrogens (tertiary/aromatic N) is 4. The van der Waals surface area contributed by atoms with Gasteiger partial charge in [-0.3, -0.25) is 14.1 Å². The number of piperidine rings is 2. The first-order valence-electron chi connectivity index (χ1n) is 14.6. The smallest absolute Gasteiger partial charge is 0.407 e. The molecule has 42 heavy (non-hydrogen) atoms. The van der Waals surface area contributed by atoms with Crippen molar-refractivity contribution in [3.8, 4) is 5.75 Å². The number of alkyl carbamates (subject to hydrolysis) is 1. The summed E-state index contributed by atoms with van der Waals surface area (Å²) in [5.41, 5.74) is 0.700. The van der Waals surface area contributed by atoms with Crippen LogP contribution in [0.3, 0.4) is 0 Å². The lowest BCUT2D eigenvalue weighted by molar-refractivity contribution is 0.0476. The first-order chi connectivity index (χ1) is 20.0. The van der Waals surface area contributed by atoms with E-state index in [4.69, 9.17) is 9.47 Å². The molecule has 3 aromatic rings. The highest BCUT2D eigenvalue weighted by Crippen LogP contribution is 2.30. The van der Waals surface area contributed by atoms with Crippen LogP contribution in [0.5, 0.6) is 5.75 Å². The quantitative estimate of drug-likeness (QED) is 0.356. The molecular formula is C30H41BrN6O4S. The number of ether oxygens (including phenoxy) is 2. The van der Waals surface area contributed by atoms with E-state index in [-0.39, 0.29) is 23.7 Å². The number of carbonyl (C=O) groups excluding carboxylic acids is 1. The molecule has 2 aliphatic heterocycles. The second kappa shape index (κ2) is 13.3. The number of nitrogens with one attached hydrogen (secondary N) is 2. The monoisotopic (exact) mass is 660 g/mol. The van der Waals surface area contributed by atoms with Crippen molar-refractivity contribution in [2.24, 2.45) is 0 Å². The summed E-state index contributed by atoms with van der Waals surface area (Å²) in [6.07, 6.45) is 4.18. The van der Waals surface area contributed by atoms with Crippen LogP contribution in [0, 0.1) is 0 Å². The maximum Gasteiger partial charge on any atom is 0.407 e. The Hall–Kier alpha value is -2.67. The molecule has 2 aromatic heterocycles. The number of halogens is 1. The SMILES string of the molecule is CN1C[C@H](Nc2nc3sccn3c(=O)c2Br)C[C@H](c2ccc(OCCN3CCC(NC(=O)OC(C)(C)C)CC3)cc2)C1. The minimum absolute atomic E-state index is 0.0975. The zero-order valence-corrected chi connectivity index (χ0v) is 27.2. The Morgan fingerprint density at radius 2 is 1.88 bits per heavy atom. The highest BCUT2D eigenvalue weighted by Gasteiger charge is 2.28. The molecule has 10 nitrogen and oxygen atoms in total. The van der Waals surface area contributed by atoms with E-state index in [1.807, 2.05) is 26.2 Å². The molecule has 0 aliphatic carbocycles. The van der Waals surface area contributed by atoms with Gasteiger partial charge in [0.2, 0.25) is 0 Å². The predicted molar refractivity (Wildman–Crippen MR) is 170 cm³/mol. The van der Waals surface area contributed by atoms with Crippen molar-refractivity contribution in [2.45, 2.75) is 63.6 Å². The number of amides is 1. The summed E-state index contributed by atoms with van der Waals surface area (Å²) in [5, 5.41) is 8.39. The van der Waals surface area contributed by atoms with Gasteiger partial charge in [-0.25, -0.2) is 9.78 Å². The predicted octanol–water partition coefficient (Wildman–Crippen LogP) is 4.79. The lowest BCUT2D eigenvalue weighted by atomic mass is 9.88. The maximum atomic E-state index is 12.7. The Kier molecular flexibility index (Phi) is 9.76. The summed E-state index contributed by atoms with van der Waals surface area (Å²) in [6, 6.07) is 8.79. The van der Waals surface area contributed by atoms with Crippen LogP contribution in [-0.4, -0.2) is 89.3 Å². The molecule has 0 unspecified atom stereocenters. The highest BCUT2D eigenvalue weighted by molar-refractivity contribution is 9.10. The van der Waals surface area contributed by atoms with Crippen LogP contribution in [-0.2, 0) is 4.74 Å². The Morgan fingerprint density at radius 1 is 1.14 bits per heavy atom. The number of likely N-dealkylation sites (N-methyl/N-ethyl adjacent to an activating group) is 1. The summed E-state index contributed by atoms with van der Waals surface area (Å²) in [7, 11) is 2.13. The molecule has 1 aromatic carbocycles. The van der Waals surface area contributed by atoms with Crippen molar-refractivity contribution in [3.05, 3.63) is 56.2 Å². The Balaban J connectivity index is 1.08. The molecule has 4 heterocycles. The van der Waals surface area contributed by atoms with E-state index in [9.17, 15) is 9.59 Å². The lowest BCUT2D eigenvalue weighted by Crippen LogP contribution is -2.46. The molecule has 0 saturated carbocycles. The Bertz CT molecular complexity index is 1410. The van der Waals surface area contributed by atoms with Crippen LogP contribution in [0.4, 0.5) is 10.6 Å². The van der Waals surface area contributed by atoms with Gasteiger partial charge in [-0.1, -0.05) is 12.1 Å². The molecular weight excluding hydrogens is 620 g/mol. The summed E-state index contributed by atoms with van der Waals surface area (Å²) in [6.45, 7) is 10.8. The van der Waals surface area contributed by atoms with Crippen molar-refractivity contribution in [1.82, 2.24) is 24.5 Å².